The van der Waals surface area contributed by atoms with Crippen molar-refractivity contribution in [2.75, 3.05) is 20.1 Å². The van der Waals surface area contributed by atoms with Crippen LogP contribution in [-0.4, -0.2) is 47.9 Å². The van der Waals surface area contributed by atoms with Crippen LogP contribution in [0.25, 0.3) is 0 Å². The Labute approximate surface area is 87.1 Å². The maximum absolute atomic E-state index is 11.7. The first kappa shape index (κ1) is 11.5. The molecule has 1 aliphatic rings. The Morgan fingerprint density at radius 3 is 2.21 bits per heavy atom. The van der Waals surface area contributed by atoms with Gasteiger partial charge in [0.1, 0.15) is 0 Å². The highest BCUT2D eigenvalue weighted by atomic mass is 16.2. The van der Waals surface area contributed by atoms with E-state index in [4.69, 9.17) is 0 Å². The zero-order valence-corrected chi connectivity index (χ0v) is 9.79. The third-order valence-electron chi connectivity index (χ3n) is 3.18. The van der Waals surface area contributed by atoms with Crippen molar-refractivity contribution in [1.82, 2.24) is 9.80 Å². The molecule has 0 spiro atoms. The molecule has 1 fully saturated rings. The smallest absolute Gasteiger partial charge is 0.222 e. The van der Waals surface area contributed by atoms with Gasteiger partial charge in [-0.05, 0) is 27.3 Å². The summed E-state index contributed by atoms with van der Waals surface area (Å²) >= 11 is 0. The third-order valence-corrected chi connectivity index (χ3v) is 3.18. The minimum Gasteiger partial charge on any atom is -0.340 e. The number of amides is 1. The summed E-state index contributed by atoms with van der Waals surface area (Å²) in [5.41, 5.74) is 0. The molecular weight excluding hydrogens is 176 g/mol. The molecule has 2 atom stereocenters. The molecule has 0 N–H and O–H groups in total. The molecule has 0 aromatic carbocycles. The van der Waals surface area contributed by atoms with Crippen molar-refractivity contribution in [1.29, 1.82) is 0 Å². The summed E-state index contributed by atoms with van der Waals surface area (Å²) in [4.78, 5) is 16.1. The molecule has 0 aromatic rings. The normalized spacial score (nSPS) is 29.3. The predicted octanol–water partition coefficient (Wildman–Crippen LogP) is 1.34. The van der Waals surface area contributed by atoms with Crippen LogP contribution in [0.2, 0.25) is 0 Å². The van der Waals surface area contributed by atoms with E-state index in [9.17, 15) is 4.79 Å². The van der Waals surface area contributed by atoms with Crippen molar-refractivity contribution in [3.8, 4) is 0 Å². The molecule has 0 aromatic heterocycles. The molecule has 3 heteroatoms. The predicted molar refractivity (Wildman–Crippen MR) is 58.2 cm³/mol. The maximum Gasteiger partial charge on any atom is 0.222 e. The van der Waals surface area contributed by atoms with Crippen molar-refractivity contribution in [3.63, 3.8) is 0 Å². The van der Waals surface area contributed by atoms with Crippen LogP contribution in [0.5, 0.6) is 0 Å². The summed E-state index contributed by atoms with van der Waals surface area (Å²) in [5.74, 6) is 0.319. The fourth-order valence-electron chi connectivity index (χ4n) is 1.98. The van der Waals surface area contributed by atoms with Gasteiger partial charge in [0.2, 0.25) is 5.91 Å². The average Bonchev–Trinajstić information content (AvgIpc) is 2.13. The molecule has 0 aliphatic carbocycles. The molecule has 3 nitrogen and oxygen atoms in total. The Bertz CT molecular complexity index is 193. The first-order valence-electron chi connectivity index (χ1n) is 5.56. The summed E-state index contributed by atoms with van der Waals surface area (Å²) in [6, 6.07) is 0.971. The fraction of sp³-hybridized carbons (Fsp3) is 0.909. The quantitative estimate of drug-likeness (QED) is 0.668. The van der Waals surface area contributed by atoms with E-state index in [1.54, 1.807) is 0 Å². The van der Waals surface area contributed by atoms with Crippen molar-refractivity contribution >= 4 is 5.91 Å². The standard InChI is InChI=1S/C11H22N2O/c1-5-6-11(14)13-7-9(2)12(4)10(3)8-13/h9-10H,5-8H2,1-4H3. The van der Waals surface area contributed by atoms with Crippen LogP contribution in [0.4, 0.5) is 0 Å². The molecule has 14 heavy (non-hydrogen) atoms. The van der Waals surface area contributed by atoms with Gasteiger partial charge in [-0.3, -0.25) is 9.69 Å². The second-order valence-corrected chi connectivity index (χ2v) is 4.41. The highest BCUT2D eigenvalue weighted by molar-refractivity contribution is 5.76. The van der Waals surface area contributed by atoms with Gasteiger partial charge < -0.3 is 4.90 Å². The van der Waals surface area contributed by atoms with Crippen LogP contribution < -0.4 is 0 Å². The lowest BCUT2D eigenvalue weighted by molar-refractivity contribution is -0.135. The number of carbonyl (C=O) groups excluding carboxylic acids is 1. The molecule has 0 bridgehead atoms. The van der Waals surface area contributed by atoms with Gasteiger partial charge >= 0.3 is 0 Å². The van der Waals surface area contributed by atoms with Crippen molar-refractivity contribution in [3.05, 3.63) is 0 Å². The molecule has 1 rings (SSSR count). The Hall–Kier alpha value is -0.570. The van der Waals surface area contributed by atoms with E-state index in [1.807, 2.05) is 4.90 Å². The van der Waals surface area contributed by atoms with E-state index in [1.165, 1.54) is 0 Å². The van der Waals surface area contributed by atoms with Gasteiger partial charge in [-0.1, -0.05) is 6.92 Å². The first-order chi connectivity index (χ1) is 6.56. The van der Waals surface area contributed by atoms with Crippen LogP contribution in [0.1, 0.15) is 33.6 Å². The van der Waals surface area contributed by atoms with Crippen LogP contribution in [0.15, 0.2) is 0 Å². The fourth-order valence-corrected chi connectivity index (χ4v) is 1.98. The molecule has 1 heterocycles. The summed E-state index contributed by atoms with van der Waals surface area (Å²) < 4.78 is 0. The van der Waals surface area contributed by atoms with Crippen LogP contribution in [-0.2, 0) is 4.79 Å². The minimum absolute atomic E-state index is 0.319. The average molecular weight is 198 g/mol. The minimum atomic E-state index is 0.319. The maximum atomic E-state index is 11.7. The second-order valence-electron chi connectivity index (χ2n) is 4.41. The number of rotatable bonds is 2. The Morgan fingerprint density at radius 2 is 1.79 bits per heavy atom. The number of likely N-dealkylation sites (N-methyl/N-ethyl adjacent to an activating group) is 1. The Balaban J connectivity index is 2.53. The molecule has 2 unspecified atom stereocenters. The summed E-state index contributed by atoms with van der Waals surface area (Å²) in [6.07, 6.45) is 1.65. The van der Waals surface area contributed by atoms with Gasteiger partial charge in [-0.25, -0.2) is 0 Å². The van der Waals surface area contributed by atoms with Crippen LogP contribution in [0.3, 0.4) is 0 Å². The van der Waals surface area contributed by atoms with Gasteiger partial charge in [0.15, 0.2) is 0 Å². The molecule has 0 radical (unpaired) electrons. The summed E-state index contributed by atoms with van der Waals surface area (Å²) in [6.45, 7) is 8.20. The zero-order chi connectivity index (χ0) is 10.7. The van der Waals surface area contributed by atoms with Gasteiger partial charge in [0, 0.05) is 31.6 Å². The number of hydrogen-bond donors (Lipinski definition) is 0. The molecule has 1 amide bonds. The topological polar surface area (TPSA) is 23.6 Å². The summed E-state index contributed by atoms with van der Waals surface area (Å²) in [5, 5.41) is 0. The second kappa shape index (κ2) is 4.78. The van der Waals surface area contributed by atoms with Crippen molar-refractivity contribution in [2.45, 2.75) is 45.7 Å². The van der Waals surface area contributed by atoms with E-state index < -0.39 is 0 Å². The first-order valence-corrected chi connectivity index (χ1v) is 5.56. The number of nitrogens with zero attached hydrogens (tertiary/aromatic N) is 2. The number of carbonyl (C=O) groups is 1. The Morgan fingerprint density at radius 1 is 1.29 bits per heavy atom. The van der Waals surface area contributed by atoms with Crippen molar-refractivity contribution in [2.24, 2.45) is 0 Å². The molecule has 0 saturated carbocycles. The number of hydrogen-bond acceptors (Lipinski definition) is 2. The zero-order valence-electron chi connectivity index (χ0n) is 9.79. The highest BCUT2D eigenvalue weighted by Gasteiger charge is 2.28. The lowest BCUT2D eigenvalue weighted by Gasteiger charge is -2.42. The largest absolute Gasteiger partial charge is 0.340 e. The monoisotopic (exact) mass is 198 g/mol. The van der Waals surface area contributed by atoms with Crippen molar-refractivity contribution < 1.29 is 4.79 Å². The molecule has 1 saturated heterocycles. The lowest BCUT2D eigenvalue weighted by Crippen LogP contribution is -2.56. The van der Waals surface area contributed by atoms with Gasteiger partial charge in [-0.15, -0.1) is 0 Å². The Kier molecular flexibility index (Phi) is 3.93. The van der Waals surface area contributed by atoms with E-state index in [2.05, 4.69) is 32.7 Å². The summed E-state index contributed by atoms with van der Waals surface area (Å²) in [7, 11) is 2.14. The number of piperazine rings is 1. The lowest BCUT2D eigenvalue weighted by atomic mass is 10.1. The van der Waals surface area contributed by atoms with Gasteiger partial charge in [0.25, 0.3) is 0 Å². The highest BCUT2D eigenvalue weighted by Crippen LogP contribution is 2.14. The van der Waals surface area contributed by atoms with E-state index in [-0.39, 0.29) is 0 Å². The van der Waals surface area contributed by atoms with Gasteiger partial charge in [0.05, 0.1) is 0 Å². The molecule has 82 valence electrons. The van der Waals surface area contributed by atoms with E-state index in [0.29, 0.717) is 24.4 Å². The SMILES string of the molecule is CCCC(=O)N1CC(C)N(C)C(C)C1. The van der Waals surface area contributed by atoms with E-state index in [0.717, 1.165) is 19.5 Å². The molecule has 1 aliphatic heterocycles. The molecular formula is C11H22N2O. The van der Waals surface area contributed by atoms with Crippen LogP contribution in [0, 0.1) is 0 Å². The van der Waals surface area contributed by atoms with Gasteiger partial charge in [-0.2, -0.15) is 0 Å². The van der Waals surface area contributed by atoms with E-state index >= 15 is 0 Å². The third kappa shape index (κ3) is 2.47. The van der Waals surface area contributed by atoms with Crippen LogP contribution >= 0.6 is 0 Å².